The number of likely N-dealkylation sites (tertiary alicyclic amines) is 1. The maximum atomic E-state index is 3.41. The van der Waals surface area contributed by atoms with Crippen molar-refractivity contribution < 1.29 is 0 Å². The van der Waals surface area contributed by atoms with E-state index in [1.807, 2.05) is 0 Å². The van der Waals surface area contributed by atoms with Gasteiger partial charge in [-0.3, -0.25) is 0 Å². The van der Waals surface area contributed by atoms with E-state index in [4.69, 9.17) is 0 Å². The number of hydrogen-bond donors (Lipinski definition) is 1. The van der Waals surface area contributed by atoms with Crippen LogP contribution >= 0.6 is 11.8 Å². The van der Waals surface area contributed by atoms with Crippen molar-refractivity contribution >= 4 is 11.8 Å². The molecule has 0 spiro atoms. The summed E-state index contributed by atoms with van der Waals surface area (Å²) in [4.78, 5) is 2.75. The third-order valence-electron chi connectivity index (χ3n) is 4.43. The molecule has 1 aliphatic carbocycles. The number of thioether (sulfide) groups is 1. The molecule has 3 heteroatoms. The van der Waals surface area contributed by atoms with Gasteiger partial charge in [-0.15, -0.1) is 0 Å². The molecule has 94 valence electrons. The zero-order valence-electron chi connectivity index (χ0n) is 10.7. The third-order valence-corrected chi connectivity index (χ3v) is 5.57. The highest BCUT2D eigenvalue weighted by Gasteiger charge is 2.28. The predicted octanol–water partition coefficient (Wildman–Crippen LogP) is 2.34. The van der Waals surface area contributed by atoms with Gasteiger partial charge in [0, 0.05) is 17.3 Å². The summed E-state index contributed by atoms with van der Waals surface area (Å²) in [5.74, 6) is 0. The van der Waals surface area contributed by atoms with E-state index in [9.17, 15) is 0 Å². The van der Waals surface area contributed by atoms with Crippen molar-refractivity contribution in [2.45, 2.75) is 55.9 Å². The minimum absolute atomic E-state index is 0.777. The first-order valence-electron chi connectivity index (χ1n) is 6.77. The van der Waals surface area contributed by atoms with Crippen LogP contribution < -0.4 is 5.32 Å². The Balaban J connectivity index is 1.73. The topological polar surface area (TPSA) is 15.3 Å². The van der Waals surface area contributed by atoms with Crippen LogP contribution in [0, 0.1) is 0 Å². The average molecular weight is 242 g/mol. The van der Waals surface area contributed by atoms with Crippen molar-refractivity contribution in [3.05, 3.63) is 0 Å². The van der Waals surface area contributed by atoms with E-state index < -0.39 is 0 Å². The smallest absolute Gasteiger partial charge is 0.00960 e. The van der Waals surface area contributed by atoms with Crippen LogP contribution in [0.2, 0.25) is 0 Å². The van der Waals surface area contributed by atoms with Gasteiger partial charge in [-0.1, -0.05) is 0 Å². The van der Waals surface area contributed by atoms with Crippen LogP contribution in [0.15, 0.2) is 0 Å². The van der Waals surface area contributed by atoms with E-state index in [-0.39, 0.29) is 0 Å². The largest absolute Gasteiger partial charge is 0.317 e. The van der Waals surface area contributed by atoms with E-state index in [1.54, 1.807) is 0 Å². The van der Waals surface area contributed by atoms with Gasteiger partial charge >= 0.3 is 0 Å². The lowest BCUT2D eigenvalue weighted by Gasteiger charge is -2.40. The minimum atomic E-state index is 0.777. The van der Waals surface area contributed by atoms with Gasteiger partial charge in [0.1, 0.15) is 0 Å². The normalized spacial score (nSPS) is 34.1. The standard InChI is InChI=1S/C13H26N2S/c1-14-11-7-9-15(10-8-11)12-3-5-13(16-2)6-4-12/h11-14H,3-10H2,1-2H3. The maximum Gasteiger partial charge on any atom is 0.00960 e. The van der Waals surface area contributed by atoms with Crippen molar-refractivity contribution in [3.8, 4) is 0 Å². The molecule has 0 unspecified atom stereocenters. The molecule has 2 rings (SSSR count). The monoisotopic (exact) mass is 242 g/mol. The highest BCUT2D eigenvalue weighted by Crippen LogP contribution is 2.30. The van der Waals surface area contributed by atoms with Gasteiger partial charge in [0.2, 0.25) is 0 Å². The summed E-state index contributed by atoms with van der Waals surface area (Å²) >= 11 is 2.07. The zero-order valence-corrected chi connectivity index (χ0v) is 11.6. The van der Waals surface area contributed by atoms with Crippen molar-refractivity contribution in [1.82, 2.24) is 10.2 Å². The van der Waals surface area contributed by atoms with Gasteiger partial charge in [0.15, 0.2) is 0 Å². The van der Waals surface area contributed by atoms with Crippen molar-refractivity contribution in [3.63, 3.8) is 0 Å². The summed E-state index contributed by atoms with van der Waals surface area (Å²) in [6.07, 6.45) is 10.7. The highest BCUT2D eigenvalue weighted by molar-refractivity contribution is 7.99. The number of hydrogen-bond acceptors (Lipinski definition) is 3. The van der Waals surface area contributed by atoms with Crippen LogP contribution in [-0.2, 0) is 0 Å². The molecular weight excluding hydrogens is 216 g/mol. The minimum Gasteiger partial charge on any atom is -0.317 e. The molecule has 16 heavy (non-hydrogen) atoms. The lowest BCUT2D eigenvalue weighted by Crippen LogP contribution is -2.47. The van der Waals surface area contributed by atoms with Crippen LogP contribution in [0.25, 0.3) is 0 Å². The van der Waals surface area contributed by atoms with E-state index >= 15 is 0 Å². The molecule has 0 amide bonds. The molecule has 2 nitrogen and oxygen atoms in total. The number of piperidine rings is 1. The number of nitrogens with zero attached hydrogens (tertiary/aromatic N) is 1. The van der Waals surface area contributed by atoms with Gasteiger partial charge in [0.05, 0.1) is 0 Å². The Kier molecular flexibility index (Phi) is 4.98. The van der Waals surface area contributed by atoms with Crippen molar-refractivity contribution in [2.75, 3.05) is 26.4 Å². The van der Waals surface area contributed by atoms with E-state index in [1.165, 1.54) is 51.6 Å². The van der Waals surface area contributed by atoms with Gasteiger partial charge in [-0.25, -0.2) is 0 Å². The fourth-order valence-corrected chi connectivity index (χ4v) is 3.94. The summed E-state index contributed by atoms with van der Waals surface area (Å²) < 4.78 is 0. The van der Waals surface area contributed by atoms with Crippen LogP contribution in [0.3, 0.4) is 0 Å². The molecule has 1 heterocycles. The second-order valence-corrected chi connectivity index (χ2v) is 6.40. The molecule has 1 aliphatic heterocycles. The Bertz CT molecular complexity index is 172. The van der Waals surface area contributed by atoms with Crippen molar-refractivity contribution in [1.29, 1.82) is 0 Å². The van der Waals surface area contributed by atoms with Gasteiger partial charge in [0.25, 0.3) is 0 Å². The molecular formula is C13H26N2S. The van der Waals surface area contributed by atoms with Gasteiger partial charge in [-0.05, 0) is 64.9 Å². The third kappa shape index (κ3) is 3.14. The average Bonchev–Trinajstić information content (AvgIpc) is 2.39. The fraction of sp³-hybridized carbons (Fsp3) is 1.00. The molecule has 1 N–H and O–H groups in total. The second-order valence-electron chi connectivity index (χ2n) is 5.27. The Labute approximate surface area is 105 Å². The summed E-state index contributed by atoms with van der Waals surface area (Å²) in [5, 5.41) is 4.36. The molecule has 0 radical (unpaired) electrons. The molecule has 0 aromatic rings. The van der Waals surface area contributed by atoms with Crippen LogP contribution in [0.1, 0.15) is 38.5 Å². The lowest BCUT2D eigenvalue weighted by molar-refractivity contribution is 0.118. The van der Waals surface area contributed by atoms with Crippen LogP contribution in [-0.4, -0.2) is 48.6 Å². The van der Waals surface area contributed by atoms with Gasteiger partial charge in [-0.2, -0.15) is 11.8 Å². The van der Waals surface area contributed by atoms with E-state index in [0.717, 1.165) is 17.3 Å². The first-order valence-corrected chi connectivity index (χ1v) is 8.06. The Morgan fingerprint density at radius 1 is 1.00 bits per heavy atom. The molecule has 1 saturated carbocycles. The quantitative estimate of drug-likeness (QED) is 0.818. The molecule has 0 aromatic heterocycles. The van der Waals surface area contributed by atoms with Crippen LogP contribution in [0.5, 0.6) is 0 Å². The number of nitrogens with one attached hydrogen (secondary N) is 1. The summed E-state index contributed by atoms with van der Waals surface area (Å²) in [6.45, 7) is 2.64. The second kappa shape index (κ2) is 6.27. The van der Waals surface area contributed by atoms with Gasteiger partial charge < -0.3 is 10.2 Å². The first-order chi connectivity index (χ1) is 7.83. The molecule has 2 aliphatic rings. The molecule has 1 saturated heterocycles. The Morgan fingerprint density at radius 2 is 1.62 bits per heavy atom. The predicted molar refractivity (Wildman–Crippen MR) is 73.2 cm³/mol. The molecule has 0 aromatic carbocycles. The number of rotatable bonds is 3. The Morgan fingerprint density at radius 3 is 2.12 bits per heavy atom. The molecule has 0 atom stereocenters. The van der Waals surface area contributed by atoms with Crippen molar-refractivity contribution in [2.24, 2.45) is 0 Å². The summed E-state index contributed by atoms with van der Waals surface area (Å²) in [5.41, 5.74) is 0. The molecule has 0 bridgehead atoms. The zero-order chi connectivity index (χ0) is 11.4. The summed E-state index contributed by atoms with van der Waals surface area (Å²) in [7, 11) is 2.10. The Hall–Kier alpha value is 0.270. The summed E-state index contributed by atoms with van der Waals surface area (Å²) in [6, 6.07) is 1.68. The lowest BCUT2D eigenvalue weighted by atomic mass is 9.91. The van der Waals surface area contributed by atoms with Crippen LogP contribution in [0.4, 0.5) is 0 Å². The highest BCUT2D eigenvalue weighted by atomic mass is 32.2. The fourth-order valence-electron chi connectivity index (χ4n) is 3.20. The SMILES string of the molecule is CNC1CCN(C2CCC(SC)CC2)CC1. The van der Waals surface area contributed by atoms with E-state index in [2.05, 4.69) is 35.3 Å². The maximum absolute atomic E-state index is 3.41. The van der Waals surface area contributed by atoms with E-state index in [0.29, 0.717) is 0 Å². The molecule has 2 fully saturated rings. The first kappa shape index (κ1) is 12.7.